The number of rotatable bonds is 4. The third-order valence-electron chi connectivity index (χ3n) is 2.77. The molecule has 114 valence electrons. The lowest BCUT2D eigenvalue weighted by Crippen LogP contribution is -2.31. The molecule has 0 atom stereocenters. The molecule has 1 aromatic heterocycles. The lowest BCUT2D eigenvalue weighted by molar-refractivity contribution is -0.167. The smallest absolute Gasteiger partial charge is 0.303 e. The molecule has 0 aliphatic carbocycles. The number of hydrogen-bond acceptors (Lipinski definition) is 2. The number of anilines is 1. The Bertz CT molecular complexity index is 472. The minimum absolute atomic E-state index is 0.0886. The van der Waals surface area contributed by atoms with Crippen LogP contribution in [0.1, 0.15) is 46.2 Å². The molecule has 0 radical (unpaired) electrons. The van der Waals surface area contributed by atoms with Gasteiger partial charge in [-0.25, -0.2) is 4.68 Å². The summed E-state index contributed by atoms with van der Waals surface area (Å²) in [7, 11) is 0. The maximum atomic E-state index is 12.3. The lowest BCUT2D eigenvalue weighted by atomic mass is 9.92. The van der Waals surface area contributed by atoms with Crippen molar-refractivity contribution in [3.63, 3.8) is 0 Å². The van der Waals surface area contributed by atoms with Crippen LogP contribution in [-0.4, -0.2) is 21.9 Å². The molecule has 0 saturated heterocycles. The second-order valence-corrected chi connectivity index (χ2v) is 5.69. The van der Waals surface area contributed by atoms with Gasteiger partial charge >= 0.3 is 12.1 Å². The summed E-state index contributed by atoms with van der Waals surface area (Å²) < 4.78 is 38.4. The van der Waals surface area contributed by atoms with Gasteiger partial charge in [0, 0.05) is 18.0 Å². The van der Waals surface area contributed by atoms with Crippen LogP contribution in [0, 0.1) is 0 Å². The fourth-order valence-corrected chi connectivity index (χ4v) is 1.55. The van der Waals surface area contributed by atoms with Crippen molar-refractivity contribution in [2.75, 3.05) is 5.32 Å². The van der Waals surface area contributed by atoms with Crippen LogP contribution in [0.25, 0.3) is 0 Å². The quantitative estimate of drug-likeness (QED) is 0.923. The number of aromatic nitrogens is 2. The molecule has 1 heterocycles. The molecule has 0 saturated carbocycles. The molecule has 1 N–H and O–H groups in total. The molecule has 1 aromatic rings. The van der Waals surface area contributed by atoms with Gasteiger partial charge in [-0.3, -0.25) is 4.79 Å². The summed E-state index contributed by atoms with van der Waals surface area (Å²) in [5.41, 5.74) is 0.348. The van der Waals surface area contributed by atoms with Gasteiger partial charge in [-0.15, -0.1) is 0 Å². The highest BCUT2D eigenvalue weighted by Gasteiger charge is 2.39. The van der Waals surface area contributed by atoms with E-state index in [-0.39, 0.29) is 11.2 Å². The number of nitrogens with zero attached hydrogens (tertiary/aromatic N) is 2. The molecular weight excluding hydrogens is 271 g/mol. The monoisotopic (exact) mass is 291 g/mol. The van der Waals surface area contributed by atoms with Gasteiger partial charge in [0.15, 0.2) is 0 Å². The Kier molecular flexibility index (Phi) is 4.83. The second kappa shape index (κ2) is 5.85. The van der Waals surface area contributed by atoms with E-state index < -0.39 is 12.1 Å². The molecular formula is C13H20F3N3O. The summed E-state index contributed by atoms with van der Waals surface area (Å²) in [5, 5.41) is 6.18. The van der Waals surface area contributed by atoms with Crippen molar-refractivity contribution in [1.82, 2.24) is 9.78 Å². The fourth-order valence-electron chi connectivity index (χ4n) is 1.55. The SMILES string of the molecule is CCCCn1nc(C(C)(C)C)cc1NC(=O)C(F)(F)F. The topological polar surface area (TPSA) is 46.9 Å². The lowest BCUT2D eigenvalue weighted by Gasteiger charge is -2.14. The molecule has 0 aliphatic heterocycles. The fraction of sp³-hybridized carbons (Fsp3) is 0.692. The van der Waals surface area contributed by atoms with Crippen molar-refractivity contribution < 1.29 is 18.0 Å². The van der Waals surface area contributed by atoms with Gasteiger partial charge in [-0.2, -0.15) is 18.3 Å². The molecule has 0 fully saturated rings. The van der Waals surface area contributed by atoms with E-state index in [4.69, 9.17) is 0 Å². The predicted molar refractivity (Wildman–Crippen MR) is 70.5 cm³/mol. The maximum Gasteiger partial charge on any atom is 0.471 e. The average Bonchev–Trinajstić information content (AvgIpc) is 2.68. The predicted octanol–water partition coefficient (Wildman–Crippen LogP) is 3.48. The van der Waals surface area contributed by atoms with E-state index >= 15 is 0 Å². The number of aryl methyl sites for hydroxylation is 1. The Balaban J connectivity index is 3.03. The van der Waals surface area contributed by atoms with Crippen LogP contribution in [0.5, 0.6) is 0 Å². The van der Waals surface area contributed by atoms with E-state index in [9.17, 15) is 18.0 Å². The Morgan fingerprint density at radius 2 is 1.95 bits per heavy atom. The van der Waals surface area contributed by atoms with Crippen LogP contribution in [0.2, 0.25) is 0 Å². The molecule has 0 bridgehead atoms. The Morgan fingerprint density at radius 3 is 2.40 bits per heavy atom. The number of carbonyl (C=O) groups is 1. The van der Waals surface area contributed by atoms with Gasteiger partial charge in [-0.05, 0) is 6.42 Å². The second-order valence-electron chi connectivity index (χ2n) is 5.69. The van der Waals surface area contributed by atoms with Crippen molar-refractivity contribution in [2.24, 2.45) is 0 Å². The first kappa shape index (κ1) is 16.5. The molecule has 0 aliphatic rings. The first-order valence-corrected chi connectivity index (χ1v) is 6.52. The number of alkyl halides is 3. The minimum Gasteiger partial charge on any atom is -0.303 e. The zero-order chi connectivity index (χ0) is 15.6. The maximum absolute atomic E-state index is 12.3. The van der Waals surface area contributed by atoms with Gasteiger partial charge in [-0.1, -0.05) is 34.1 Å². The number of halogens is 3. The van der Waals surface area contributed by atoms with Crippen molar-refractivity contribution in [2.45, 2.75) is 58.7 Å². The molecule has 0 unspecified atom stereocenters. The molecule has 4 nitrogen and oxygen atoms in total. The number of unbranched alkanes of at least 4 members (excludes halogenated alkanes) is 1. The molecule has 1 amide bonds. The van der Waals surface area contributed by atoms with Gasteiger partial charge in [0.25, 0.3) is 0 Å². The van der Waals surface area contributed by atoms with Crippen LogP contribution in [-0.2, 0) is 16.8 Å². The van der Waals surface area contributed by atoms with Crippen LogP contribution >= 0.6 is 0 Å². The Morgan fingerprint density at radius 1 is 1.35 bits per heavy atom. The van der Waals surface area contributed by atoms with Crippen LogP contribution in [0.4, 0.5) is 19.0 Å². The molecule has 0 aromatic carbocycles. The average molecular weight is 291 g/mol. The Hall–Kier alpha value is -1.53. The number of amides is 1. The summed E-state index contributed by atoms with van der Waals surface area (Å²) in [6.45, 7) is 8.18. The molecule has 1 rings (SSSR count). The minimum atomic E-state index is -4.90. The standard InChI is InChI=1S/C13H20F3N3O/c1-5-6-7-19-10(17-11(20)13(14,15)16)8-9(18-19)12(2,3)4/h8H,5-7H2,1-4H3,(H,17,20). The first-order chi connectivity index (χ1) is 9.05. The van der Waals surface area contributed by atoms with Gasteiger partial charge in [0.1, 0.15) is 5.82 Å². The third kappa shape index (κ3) is 4.25. The molecule has 20 heavy (non-hydrogen) atoms. The number of hydrogen-bond donors (Lipinski definition) is 1. The molecule has 7 heteroatoms. The van der Waals surface area contributed by atoms with Crippen molar-refractivity contribution in [1.29, 1.82) is 0 Å². The zero-order valence-electron chi connectivity index (χ0n) is 12.1. The summed E-state index contributed by atoms with van der Waals surface area (Å²) in [6, 6.07) is 1.50. The van der Waals surface area contributed by atoms with E-state index in [1.54, 1.807) is 0 Å². The van der Waals surface area contributed by atoms with Crippen LogP contribution in [0.3, 0.4) is 0 Å². The highest BCUT2D eigenvalue weighted by atomic mass is 19.4. The van der Waals surface area contributed by atoms with Gasteiger partial charge in [0.2, 0.25) is 0 Å². The van der Waals surface area contributed by atoms with Crippen molar-refractivity contribution in [3.8, 4) is 0 Å². The number of nitrogens with one attached hydrogen (secondary N) is 1. The molecule has 0 spiro atoms. The van der Waals surface area contributed by atoms with Crippen LogP contribution in [0.15, 0.2) is 6.07 Å². The Labute approximate surface area is 116 Å². The summed E-state index contributed by atoms with van der Waals surface area (Å²) in [5.74, 6) is -1.89. The summed E-state index contributed by atoms with van der Waals surface area (Å²) >= 11 is 0. The normalized spacial score (nSPS) is 12.6. The van der Waals surface area contributed by atoms with Crippen LogP contribution < -0.4 is 5.32 Å². The van der Waals surface area contributed by atoms with Crippen molar-refractivity contribution in [3.05, 3.63) is 11.8 Å². The van der Waals surface area contributed by atoms with E-state index in [1.165, 1.54) is 10.7 Å². The van der Waals surface area contributed by atoms with E-state index in [0.29, 0.717) is 12.2 Å². The van der Waals surface area contributed by atoms with E-state index in [0.717, 1.165) is 12.8 Å². The number of carbonyl (C=O) groups excluding carboxylic acids is 1. The van der Waals surface area contributed by atoms with Gasteiger partial charge in [0.05, 0.1) is 5.69 Å². The summed E-state index contributed by atoms with van der Waals surface area (Å²) in [6.07, 6.45) is -3.24. The van der Waals surface area contributed by atoms with E-state index in [1.807, 2.05) is 33.0 Å². The largest absolute Gasteiger partial charge is 0.471 e. The zero-order valence-corrected chi connectivity index (χ0v) is 12.1. The third-order valence-corrected chi connectivity index (χ3v) is 2.77. The first-order valence-electron chi connectivity index (χ1n) is 6.52. The van der Waals surface area contributed by atoms with Gasteiger partial charge < -0.3 is 5.32 Å². The van der Waals surface area contributed by atoms with E-state index in [2.05, 4.69) is 5.10 Å². The highest BCUT2D eigenvalue weighted by Crippen LogP contribution is 2.25. The highest BCUT2D eigenvalue weighted by molar-refractivity contribution is 5.94. The van der Waals surface area contributed by atoms with Crippen molar-refractivity contribution >= 4 is 11.7 Å². The summed E-state index contributed by atoms with van der Waals surface area (Å²) in [4.78, 5) is 11.0.